The standard InChI is InChI=1S/C12H22N2O5S/c1-2-20(18)8-5-13-12(17)14-6-3-10(4-7-14)19-9-11(15)16/h10H,2-9H2,1H3,(H,13,17)(H,15,16). The molecule has 2 amide bonds. The lowest BCUT2D eigenvalue weighted by Crippen LogP contribution is -2.46. The van der Waals surface area contributed by atoms with Crippen LogP contribution in [0.25, 0.3) is 0 Å². The number of carbonyl (C=O) groups excluding carboxylic acids is 1. The second-order valence-electron chi connectivity index (χ2n) is 4.56. The molecule has 8 heteroatoms. The van der Waals surface area contributed by atoms with E-state index in [1.807, 2.05) is 6.92 Å². The van der Waals surface area contributed by atoms with Gasteiger partial charge >= 0.3 is 12.0 Å². The van der Waals surface area contributed by atoms with Crippen molar-refractivity contribution in [2.24, 2.45) is 0 Å². The van der Waals surface area contributed by atoms with Crippen LogP contribution in [0, 0.1) is 0 Å². The topological polar surface area (TPSA) is 95.9 Å². The van der Waals surface area contributed by atoms with Crippen LogP contribution in [0.4, 0.5) is 4.79 Å². The fourth-order valence-electron chi connectivity index (χ4n) is 1.94. The summed E-state index contributed by atoms with van der Waals surface area (Å²) in [6.45, 7) is 3.06. The molecule has 1 atom stereocenters. The molecule has 1 aliphatic heterocycles. The van der Waals surface area contributed by atoms with E-state index in [1.54, 1.807) is 4.90 Å². The summed E-state index contributed by atoms with van der Waals surface area (Å²) in [6, 6.07) is -0.158. The second-order valence-corrected chi connectivity index (χ2v) is 6.42. The summed E-state index contributed by atoms with van der Waals surface area (Å²) in [5.41, 5.74) is 0. The minimum atomic E-state index is -0.978. The number of hydrogen-bond acceptors (Lipinski definition) is 4. The highest BCUT2D eigenvalue weighted by atomic mass is 32.2. The summed E-state index contributed by atoms with van der Waals surface area (Å²) < 4.78 is 16.4. The van der Waals surface area contributed by atoms with Gasteiger partial charge in [-0.2, -0.15) is 0 Å². The number of amides is 2. The molecule has 0 aromatic carbocycles. The number of nitrogens with one attached hydrogen (secondary N) is 1. The molecular formula is C12H22N2O5S. The highest BCUT2D eigenvalue weighted by molar-refractivity contribution is 7.84. The Kier molecular flexibility index (Phi) is 7.53. The van der Waals surface area contributed by atoms with Crippen molar-refractivity contribution >= 4 is 22.8 Å². The number of piperidine rings is 1. The van der Waals surface area contributed by atoms with Gasteiger partial charge in [0.2, 0.25) is 0 Å². The maximum Gasteiger partial charge on any atom is 0.329 e. The van der Waals surface area contributed by atoms with Crippen molar-refractivity contribution in [2.45, 2.75) is 25.9 Å². The number of rotatable bonds is 7. The normalized spacial score (nSPS) is 17.8. The number of nitrogens with zero attached hydrogens (tertiary/aromatic N) is 1. The van der Waals surface area contributed by atoms with Gasteiger partial charge in [0, 0.05) is 41.9 Å². The third-order valence-corrected chi connectivity index (χ3v) is 4.40. The van der Waals surface area contributed by atoms with Gasteiger partial charge in [0.15, 0.2) is 0 Å². The van der Waals surface area contributed by atoms with Crippen molar-refractivity contribution < 1.29 is 23.6 Å². The van der Waals surface area contributed by atoms with Gasteiger partial charge in [-0.15, -0.1) is 0 Å². The predicted molar refractivity (Wildman–Crippen MR) is 75.1 cm³/mol. The minimum absolute atomic E-state index is 0.0947. The molecule has 0 bridgehead atoms. The zero-order valence-corrected chi connectivity index (χ0v) is 12.5. The molecule has 1 aliphatic rings. The van der Waals surface area contributed by atoms with Crippen molar-refractivity contribution in [2.75, 3.05) is 37.7 Å². The predicted octanol–water partition coefficient (Wildman–Crippen LogP) is 0.0302. The van der Waals surface area contributed by atoms with Crippen LogP contribution in [0.1, 0.15) is 19.8 Å². The van der Waals surface area contributed by atoms with Gasteiger partial charge in [0.25, 0.3) is 0 Å². The van der Waals surface area contributed by atoms with Crippen molar-refractivity contribution in [1.29, 1.82) is 0 Å². The Morgan fingerprint density at radius 3 is 2.60 bits per heavy atom. The van der Waals surface area contributed by atoms with Crippen LogP contribution >= 0.6 is 0 Å². The number of urea groups is 1. The number of ether oxygens (including phenoxy) is 1. The largest absolute Gasteiger partial charge is 0.480 e. The number of carboxylic acid groups (broad SMARTS) is 1. The first-order valence-electron chi connectivity index (χ1n) is 6.74. The first-order chi connectivity index (χ1) is 9.52. The van der Waals surface area contributed by atoms with Crippen LogP contribution in [0.3, 0.4) is 0 Å². The van der Waals surface area contributed by atoms with E-state index in [0.717, 1.165) is 0 Å². The Hall–Kier alpha value is -1.15. The second kappa shape index (κ2) is 8.91. The van der Waals surface area contributed by atoms with Gasteiger partial charge < -0.3 is 20.1 Å². The van der Waals surface area contributed by atoms with Crippen LogP contribution < -0.4 is 5.32 Å². The first kappa shape index (κ1) is 16.9. The SMILES string of the molecule is CCS(=O)CCNC(=O)N1CCC(OCC(=O)O)CC1. The molecule has 0 radical (unpaired) electrons. The molecule has 20 heavy (non-hydrogen) atoms. The van der Waals surface area contributed by atoms with E-state index >= 15 is 0 Å². The molecule has 7 nitrogen and oxygen atoms in total. The van der Waals surface area contributed by atoms with Crippen LogP contribution in [0.2, 0.25) is 0 Å². The molecule has 1 saturated heterocycles. The summed E-state index contributed by atoms with van der Waals surface area (Å²) in [4.78, 5) is 23.9. The highest BCUT2D eigenvalue weighted by Gasteiger charge is 2.23. The molecule has 0 aromatic rings. The third-order valence-electron chi connectivity index (χ3n) is 3.10. The van der Waals surface area contributed by atoms with Gasteiger partial charge in [-0.1, -0.05) is 6.92 Å². The summed E-state index contributed by atoms with van der Waals surface area (Å²) in [7, 11) is -0.870. The van der Waals surface area contributed by atoms with Crippen molar-refractivity contribution in [1.82, 2.24) is 10.2 Å². The molecule has 2 N–H and O–H groups in total. The van der Waals surface area contributed by atoms with Crippen molar-refractivity contribution in [3.05, 3.63) is 0 Å². The van der Waals surface area contributed by atoms with E-state index in [4.69, 9.17) is 9.84 Å². The number of carbonyl (C=O) groups is 2. The lowest BCUT2D eigenvalue weighted by atomic mass is 10.1. The van der Waals surface area contributed by atoms with E-state index in [2.05, 4.69) is 5.32 Å². The zero-order chi connectivity index (χ0) is 15.0. The number of carboxylic acids is 1. The first-order valence-corrected chi connectivity index (χ1v) is 8.23. The Morgan fingerprint density at radius 1 is 1.40 bits per heavy atom. The van der Waals surface area contributed by atoms with Crippen LogP contribution in [0.5, 0.6) is 0 Å². The van der Waals surface area contributed by atoms with E-state index in [1.165, 1.54) is 0 Å². The Bertz CT molecular complexity index is 356. The van der Waals surface area contributed by atoms with Gasteiger partial charge in [-0.25, -0.2) is 9.59 Å². The Labute approximate surface area is 121 Å². The maximum absolute atomic E-state index is 11.8. The lowest BCUT2D eigenvalue weighted by Gasteiger charge is -2.31. The molecule has 1 fully saturated rings. The smallest absolute Gasteiger partial charge is 0.329 e. The van der Waals surface area contributed by atoms with Gasteiger partial charge in [-0.3, -0.25) is 4.21 Å². The molecule has 116 valence electrons. The maximum atomic E-state index is 11.8. The van der Waals surface area contributed by atoms with E-state index in [9.17, 15) is 13.8 Å². The van der Waals surface area contributed by atoms with E-state index in [-0.39, 0.29) is 18.7 Å². The Morgan fingerprint density at radius 2 is 2.05 bits per heavy atom. The van der Waals surface area contributed by atoms with E-state index in [0.29, 0.717) is 44.0 Å². The van der Waals surface area contributed by atoms with Crippen molar-refractivity contribution in [3.8, 4) is 0 Å². The molecule has 0 aromatic heterocycles. The quantitative estimate of drug-likeness (QED) is 0.692. The van der Waals surface area contributed by atoms with Crippen LogP contribution in [-0.4, -0.2) is 70.1 Å². The molecule has 1 heterocycles. The summed E-state index contributed by atoms with van der Waals surface area (Å²) in [6.07, 6.45) is 1.19. The summed E-state index contributed by atoms with van der Waals surface area (Å²) in [5.74, 6) is 0.0943. The zero-order valence-electron chi connectivity index (χ0n) is 11.7. The molecule has 1 unspecified atom stereocenters. The molecule has 0 aliphatic carbocycles. The molecule has 1 rings (SSSR count). The van der Waals surface area contributed by atoms with Gasteiger partial charge in [0.1, 0.15) is 6.61 Å². The average molecular weight is 306 g/mol. The summed E-state index contributed by atoms with van der Waals surface area (Å²) >= 11 is 0. The highest BCUT2D eigenvalue weighted by Crippen LogP contribution is 2.13. The monoisotopic (exact) mass is 306 g/mol. The van der Waals surface area contributed by atoms with Gasteiger partial charge in [-0.05, 0) is 12.8 Å². The van der Waals surface area contributed by atoms with Crippen molar-refractivity contribution in [3.63, 3.8) is 0 Å². The lowest BCUT2D eigenvalue weighted by molar-refractivity contribution is -0.145. The number of likely N-dealkylation sites (tertiary alicyclic amines) is 1. The molecule has 0 saturated carbocycles. The average Bonchev–Trinajstić information content (AvgIpc) is 2.45. The van der Waals surface area contributed by atoms with Crippen LogP contribution in [0.15, 0.2) is 0 Å². The van der Waals surface area contributed by atoms with Gasteiger partial charge in [0.05, 0.1) is 6.10 Å². The Balaban J connectivity index is 2.18. The number of hydrogen-bond donors (Lipinski definition) is 2. The molecular weight excluding hydrogens is 284 g/mol. The third kappa shape index (κ3) is 6.33. The summed E-state index contributed by atoms with van der Waals surface area (Å²) in [5, 5.41) is 11.3. The fraction of sp³-hybridized carbons (Fsp3) is 0.833. The minimum Gasteiger partial charge on any atom is -0.480 e. The fourth-order valence-corrected chi connectivity index (χ4v) is 2.56. The van der Waals surface area contributed by atoms with Crippen LogP contribution in [-0.2, 0) is 20.3 Å². The number of aliphatic carboxylic acids is 1. The van der Waals surface area contributed by atoms with E-state index < -0.39 is 16.8 Å². The molecule has 0 spiro atoms.